The first-order valence-corrected chi connectivity index (χ1v) is 2.55. The molecule has 0 radical (unpaired) electrons. The number of carbonyl (C=O) groups is 2. The molecule has 1 atom stereocenters. The molecule has 0 bridgehead atoms. The van der Waals surface area contributed by atoms with Gasteiger partial charge in [0.25, 0.3) is 0 Å². The molecule has 5 nitrogen and oxygen atoms in total. The molecule has 0 fully saturated rings. The fourth-order valence-electron chi connectivity index (χ4n) is 0.329. The number of aliphatic carboxylic acids is 1. The van der Waals surface area contributed by atoms with Gasteiger partial charge in [0.1, 0.15) is 0 Å². The standard InChI is InChI=1S/C5H8O5.Mg.2H/c1-10-4(7)2-3(6)5(8)9;;;/h3,6H,2H2,1H3,(H,8,9);;;/q;+2;2*-1. The molecule has 62 valence electrons. The Balaban J connectivity index is -0.000000135. The van der Waals surface area contributed by atoms with Crippen molar-refractivity contribution in [1.29, 1.82) is 0 Å². The second-order valence-corrected chi connectivity index (χ2v) is 1.63. The summed E-state index contributed by atoms with van der Waals surface area (Å²) in [5, 5.41) is 16.6. The normalized spacial score (nSPS) is 11.1. The van der Waals surface area contributed by atoms with Crippen LogP contribution in [0.1, 0.15) is 9.27 Å². The minimum atomic E-state index is -1.66. The zero-order valence-electron chi connectivity index (χ0n) is 8.11. The van der Waals surface area contributed by atoms with Gasteiger partial charge in [0.05, 0.1) is 13.5 Å². The summed E-state index contributed by atoms with van der Waals surface area (Å²) in [4.78, 5) is 20.2. The van der Waals surface area contributed by atoms with Crippen LogP contribution in [0.15, 0.2) is 0 Å². The summed E-state index contributed by atoms with van der Waals surface area (Å²) in [7, 11) is 1.12. The number of methoxy groups -OCH3 is 1. The summed E-state index contributed by atoms with van der Waals surface area (Å²) in [6.45, 7) is 0. The van der Waals surface area contributed by atoms with Crippen LogP contribution < -0.4 is 0 Å². The number of carboxylic acids is 1. The number of aliphatic hydroxyl groups is 1. The van der Waals surface area contributed by atoms with Crippen molar-refractivity contribution < 1.29 is 27.4 Å². The molecule has 0 aliphatic rings. The Hall–Kier alpha value is -0.334. The topological polar surface area (TPSA) is 83.8 Å². The zero-order chi connectivity index (χ0) is 8.15. The number of hydrogen-bond donors (Lipinski definition) is 2. The van der Waals surface area contributed by atoms with E-state index in [2.05, 4.69) is 4.74 Å². The number of rotatable bonds is 3. The van der Waals surface area contributed by atoms with E-state index in [4.69, 9.17) is 10.2 Å². The SMILES string of the molecule is COC(=O)CC(O)C(=O)O.[H-].[H-].[Mg+2]. The Morgan fingerprint density at radius 2 is 2.09 bits per heavy atom. The first kappa shape index (κ1) is 13.3. The predicted octanol–water partition coefficient (Wildman–Crippen LogP) is -1.16. The fourth-order valence-corrected chi connectivity index (χ4v) is 0.329. The summed E-state index contributed by atoms with van der Waals surface area (Å²) in [5.41, 5.74) is 0. The molecule has 0 aromatic heterocycles. The van der Waals surface area contributed by atoms with Crippen LogP contribution in [0.3, 0.4) is 0 Å². The molecular formula is C5H10MgO5. The molecule has 0 aromatic carbocycles. The summed E-state index contributed by atoms with van der Waals surface area (Å²) in [6.07, 6.45) is -2.17. The van der Waals surface area contributed by atoms with Crippen molar-refractivity contribution in [3.05, 3.63) is 0 Å². The summed E-state index contributed by atoms with van der Waals surface area (Å²) in [6, 6.07) is 0. The Bertz CT molecular complexity index is 154. The molecule has 0 amide bonds. The van der Waals surface area contributed by atoms with Gasteiger partial charge in [0, 0.05) is 0 Å². The molecule has 0 aromatic rings. The van der Waals surface area contributed by atoms with Crippen LogP contribution in [-0.4, -0.2) is 58.4 Å². The third-order valence-electron chi connectivity index (χ3n) is 0.873. The predicted molar refractivity (Wildman–Crippen MR) is 38.3 cm³/mol. The average Bonchev–Trinajstić information content (AvgIpc) is 1.87. The third-order valence-corrected chi connectivity index (χ3v) is 0.873. The van der Waals surface area contributed by atoms with Gasteiger partial charge in [-0.05, 0) is 0 Å². The summed E-state index contributed by atoms with van der Waals surface area (Å²) < 4.78 is 4.11. The van der Waals surface area contributed by atoms with Crippen molar-refractivity contribution in [2.75, 3.05) is 7.11 Å². The van der Waals surface area contributed by atoms with Crippen LogP contribution in [0.25, 0.3) is 0 Å². The Morgan fingerprint density at radius 3 is 2.36 bits per heavy atom. The third kappa shape index (κ3) is 6.08. The van der Waals surface area contributed by atoms with Gasteiger partial charge in [-0.1, -0.05) is 0 Å². The van der Waals surface area contributed by atoms with E-state index in [1.165, 1.54) is 0 Å². The Labute approximate surface area is 82.5 Å². The number of hydrogen-bond acceptors (Lipinski definition) is 4. The number of esters is 1. The maximum absolute atomic E-state index is 10.3. The van der Waals surface area contributed by atoms with Crippen LogP contribution in [0.5, 0.6) is 0 Å². The van der Waals surface area contributed by atoms with Crippen molar-refractivity contribution in [1.82, 2.24) is 0 Å². The van der Waals surface area contributed by atoms with E-state index >= 15 is 0 Å². The van der Waals surface area contributed by atoms with Gasteiger partial charge in [-0.2, -0.15) is 0 Å². The average molecular weight is 174 g/mol. The van der Waals surface area contributed by atoms with Gasteiger partial charge < -0.3 is 17.8 Å². The molecule has 0 saturated carbocycles. The Kier molecular flexibility index (Phi) is 7.70. The maximum Gasteiger partial charge on any atom is 2.00 e. The van der Waals surface area contributed by atoms with E-state index in [0.717, 1.165) is 7.11 Å². The van der Waals surface area contributed by atoms with Crippen LogP contribution in [0, 0.1) is 0 Å². The van der Waals surface area contributed by atoms with Gasteiger partial charge in [-0.25, -0.2) is 4.79 Å². The molecule has 2 N–H and O–H groups in total. The number of aliphatic hydroxyl groups excluding tert-OH is 1. The van der Waals surface area contributed by atoms with Crippen LogP contribution in [0.2, 0.25) is 0 Å². The van der Waals surface area contributed by atoms with Crippen LogP contribution in [0.4, 0.5) is 0 Å². The molecule has 0 spiro atoms. The van der Waals surface area contributed by atoms with E-state index in [1.807, 2.05) is 0 Å². The van der Waals surface area contributed by atoms with Gasteiger partial charge in [-0.15, -0.1) is 0 Å². The Morgan fingerprint density at radius 1 is 1.64 bits per heavy atom. The van der Waals surface area contributed by atoms with Crippen molar-refractivity contribution in [2.24, 2.45) is 0 Å². The summed E-state index contributed by atoms with van der Waals surface area (Å²) in [5.74, 6) is -2.17. The first-order chi connectivity index (χ1) is 4.57. The molecule has 1 unspecified atom stereocenters. The van der Waals surface area contributed by atoms with E-state index in [-0.39, 0.29) is 25.9 Å². The fraction of sp³-hybridized carbons (Fsp3) is 0.600. The van der Waals surface area contributed by atoms with E-state index in [9.17, 15) is 9.59 Å². The molecule has 0 heterocycles. The molecule has 0 aliphatic heterocycles. The molecular weight excluding hydrogens is 164 g/mol. The number of ether oxygens (including phenoxy) is 1. The van der Waals surface area contributed by atoms with Crippen LogP contribution in [-0.2, 0) is 14.3 Å². The van der Waals surface area contributed by atoms with Gasteiger partial charge in [-0.3, -0.25) is 4.79 Å². The first-order valence-electron chi connectivity index (χ1n) is 2.55. The quantitative estimate of drug-likeness (QED) is 0.416. The number of carboxylic acid groups (broad SMARTS) is 1. The van der Waals surface area contributed by atoms with E-state index in [0.29, 0.717) is 0 Å². The minimum Gasteiger partial charge on any atom is -1.00 e. The van der Waals surface area contributed by atoms with Crippen molar-refractivity contribution in [2.45, 2.75) is 12.5 Å². The second kappa shape index (κ2) is 6.38. The molecule has 6 heteroatoms. The largest absolute Gasteiger partial charge is 2.00 e. The van der Waals surface area contributed by atoms with Crippen molar-refractivity contribution >= 4 is 35.0 Å². The van der Waals surface area contributed by atoms with E-state index < -0.39 is 24.5 Å². The smallest absolute Gasteiger partial charge is 1.00 e. The number of carbonyl (C=O) groups excluding carboxylic acids is 1. The van der Waals surface area contributed by atoms with Gasteiger partial charge >= 0.3 is 35.0 Å². The van der Waals surface area contributed by atoms with E-state index in [1.54, 1.807) is 0 Å². The van der Waals surface area contributed by atoms with Crippen molar-refractivity contribution in [3.8, 4) is 0 Å². The molecule has 0 saturated heterocycles. The van der Waals surface area contributed by atoms with Gasteiger partial charge in [0.2, 0.25) is 0 Å². The monoisotopic (exact) mass is 174 g/mol. The molecule has 0 aliphatic carbocycles. The molecule has 0 rings (SSSR count). The molecule has 11 heavy (non-hydrogen) atoms. The summed E-state index contributed by atoms with van der Waals surface area (Å²) >= 11 is 0. The van der Waals surface area contributed by atoms with Gasteiger partial charge in [0.15, 0.2) is 6.10 Å². The van der Waals surface area contributed by atoms with Crippen LogP contribution >= 0.6 is 0 Å². The van der Waals surface area contributed by atoms with Crippen molar-refractivity contribution in [3.63, 3.8) is 0 Å². The maximum atomic E-state index is 10.3. The zero-order valence-corrected chi connectivity index (χ0v) is 7.52. The second-order valence-electron chi connectivity index (χ2n) is 1.63. The minimum absolute atomic E-state index is 0.